The van der Waals surface area contributed by atoms with Crippen LogP contribution in [0, 0.1) is 6.92 Å². The zero-order valence-electron chi connectivity index (χ0n) is 12.6. The first-order valence-corrected chi connectivity index (χ1v) is 7.44. The second-order valence-corrected chi connectivity index (χ2v) is 5.74. The van der Waals surface area contributed by atoms with Gasteiger partial charge in [0.15, 0.2) is 0 Å². The Morgan fingerprint density at radius 1 is 1.42 bits per heavy atom. The molecule has 2 rings (SSSR count). The predicted molar refractivity (Wildman–Crippen MR) is 79.4 cm³/mol. The smallest absolute Gasteiger partial charge is 0.225 e. The summed E-state index contributed by atoms with van der Waals surface area (Å²) in [7, 11) is 0. The highest BCUT2D eigenvalue weighted by Crippen LogP contribution is 2.30. The number of anilines is 1. The van der Waals surface area contributed by atoms with Crippen LogP contribution in [0.25, 0.3) is 0 Å². The molecule has 1 saturated carbocycles. The monoisotopic (exact) mass is 262 g/mol. The molecule has 1 aromatic heterocycles. The van der Waals surface area contributed by atoms with E-state index in [-0.39, 0.29) is 0 Å². The van der Waals surface area contributed by atoms with Crippen LogP contribution in [0.3, 0.4) is 0 Å². The number of nitrogens with one attached hydrogen (secondary N) is 1. The van der Waals surface area contributed by atoms with Gasteiger partial charge in [-0.2, -0.15) is 0 Å². The quantitative estimate of drug-likeness (QED) is 0.820. The molecule has 0 bridgehead atoms. The van der Waals surface area contributed by atoms with Gasteiger partial charge in [0, 0.05) is 42.6 Å². The topological polar surface area (TPSA) is 41.1 Å². The van der Waals surface area contributed by atoms with Gasteiger partial charge >= 0.3 is 0 Å². The molecular weight excluding hydrogens is 236 g/mol. The lowest BCUT2D eigenvalue weighted by Gasteiger charge is -2.22. The summed E-state index contributed by atoms with van der Waals surface area (Å²) < 4.78 is 0. The van der Waals surface area contributed by atoms with E-state index in [1.54, 1.807) is 0 Å². The van der Waals surface area contributed by atoms with Gasteiger partial charge in [-0.05, 0) is 26.2 Å². The Balaban J connectivity index is 2.08. The molecule has 4 heteroatoms. The van der Waals surface area contributed by atoms with Gasteiger partial charge in [0.2, 0.25) is 5.95 Å². The summed E-state index contributed by atoms with van der Waals surface area (Å²) in [6.07, 6.45) is 5.71. The molecule has 1 fully saturated rings. The van der Waals surface area contributed by atoms with E-state index < -0.39 is 0 Å². The lowest BCUT2D eigenvalue weighted by molar-refractivity contribution is 0.584. The zero-order valence-corrected chi connectivity index (χ0v) is 12.6. The Labute approximate surface area is 116 Å². The highest BCUT2D eigenvalue weighted by molar-refractivity contribution is 5.36. The molecule has 0 spiro atoms. The maximum Gasteiger partial charge on any atom is 0.225 e. The predicted octanol–water partition coefficient (Wildman–Crippen LogP) is 2.66. The van der Waals surface area contributed by atoms with Crippen molar-refractivity contribution in [3.8, 4) is 0 Å². The number of nitrogens with zero attached hydrogens (tertiary/aromatic N) is 3. The van der Waals surface area contributed by atoms with Gasteiger partial charge in [-0.1, -0.05) is 20.8 Å². The first-order chi connectivity index (χ1) is 9.11. The average molecular weight is 262 g/mol. The normalized spacial score (nSPS) is 15.0. The summed E-state index contributed by atoms with van der Waals surface area (Å²) in [5.74, 6) is 0.912. The molecule has 0 radical (unpaired) electrons. The largest absolute Gasteiger partial charge is 0.338 e. The van der Waals surface area contributed by atoms with Gasteiger partial charge in [0.05, 0.1) is 0 Å². The van der Waals surface area contributed by atoms with Gasteiger partial charge in [-0.3, -0.25) is 0 Å². The van der Waals surface area contributed by atoms with Crippen molar-refractivity contribution in [2.24, 2.45) is 0 Å². The molecule has 0 unspecified atom stereocenters. The van der Waals surface area contributed by atoms with E-state index in [0.29, 0.717) is 12.1 Å². The van der Waals surface area contributed by atoms with Crippen molar-refractivity contribution in [1.82, 2.24) is 15.3 Å². The molecular formula is C15H26N4. The van der Waals surface area contributed by atoms with Gasteiger partial charge < -0.3 is 10.2 Å². The van der Waals surface area contributed by atoms with Gasteiger partial charge in [-0.15, -0.1) is 0 Å². The fourth-order valence-corrected chi connectivity index (χ4v) is 2.18. The summed E-state index contributed by atoms with van der Waals surface area (Å²) >= 11 is 0. The molecule has 4 nitrogen and oxygen atoms in total. The minimum atomic E-state index is 0.488. The molecule has 0 aliphatic heterocycles. The molecule has 1 aliphatic carbocycles. The summed E-state index contributed by atoms with van der Waals surface area (Å²) in [5, 5.41) is 3.42. The molecule has 1 aliphatic rings. The molecule has 0 saturated heterocycles. The van der Waals surface area contributed by atoms with E-state index >= 15 is 0 Å². The molecule has 1 heterocycles. The van der Waals surface area contributed by atoms with E-state index in [2.05, 4.69) is 42.9 Å². The second kappa shape index (κ2) is 6.33. The first-order valence-electron chi connectivity index (χ1n) is 7.44. The molecule has 1 N–H and O–H groups in total. The fraction of sp³-hybridized carbons (Fsp3) is 0.733. The van der Waals surface area contributed by atoms with Crippen molar-refractivity contribution >= 4 is 5.95 Å². The standard InChI is InChI=1S/C15H26N4/c1-5-8-19(14-6-7-14)15-17-10-13(12(4)18-15)9-16-11(2)3/h10-11,14,16H,5-9H2,1-4H3. The highest BCUT2D eigenvalue weighted by atomic mass is 15.3. The average Bonchev–Trinajstić information content (AvgIpc) is 3.18. The van der Waals surface area contributed by atoms with Crippen molar-refractivity contribution in [2.75, 3.05) is 11.4 Å². The zero-order chi connectivity index (χ0) is 13.8. The van der Waals surface area contributed by atoms with Crippen LogP contribution in [0.1, 0.15) is 51.3 Å². The van der Waals surface area contributed by atoms with Crippen LogP contribution in [-0.4, -0.2) is 28.6 Å². The van der Waals surface area contributed by atoms with Crippen LogP contribution in [0.2, 0.25) is 0 Å². The third-order valence-electron chi connectivity index (χ3n) is 3.48. The second-order valence-electron chi connectivity index (χ2n) is 5.74. The van der Waals surface area contributed by atoms with Gasteiger partial charge in [-0.25, -0.2) is 9.97 Å². The lowest BCUT2D eigenvalue weighted by Crippen LogP contribution is -2.29. The first kappa shape index (κ1) is 14.3. The Morgan fingerprint density at radius 2 is 2.16 bits per heavy atom. The van der Waals surface area contributed by atoms with Crippen molar-refractivity contribution in [1.29, 1.82) is 0 Å². The van der Waals surface area contributed by atoms with Crippen molar-refractivity contribution in [2.45, 2.75) is 65.6 Å². The lowest BCUT2D eigenvalue weighted by atomic mass is 10.2. The maximum atomic E-state index is 4.71. The minimum Gasteiger partial charge on any atom is -0.338 e. The molecule has 0 aromatic carbocycles. The Hall–Kier alpha value is -1.16. The van der Waals surface area contributed by atoms with Crippen molar-refractivity contribution in [3.63, 3.8) is 0 Å². The summed E-state index contributed by atoms with van der Waals surface area (Å²) in [4.78, 5) is 11.6. The number of aryl methyl sites for hydroxylation is 1. The molecule has 1 aromatic rings. The van der Waals surface area contributed by atoms with Crippen LogP contribution in [0.15, 0.2) is 6.20 Å². The van der Waals surface area contributed by atoms with Gasteiger partial charge in [0.25, 0.3) is 0 Å². The summed E-state index contributed by atoms with van der Waals surface area (Å²) in [6.45, 7) is 10.5. The number of rotatable bonds is 7. The van der Waals surface area contributed by atoms with E-state index in [0.717, 1.165) is 31.2 Å². The Kier molecular flexibility index (Phi) is 4.75. The van der Waals surface area contributed by atoms with E-state index in [9.17, 15) is 0 Å². The summed E-state index contributed by atoms with van der Waals surface area (Å²) in [5.41, 5.74) is 2.30. The number of hydrogen-bond donors (Lipinski definition) is 1. The van der Waals surface area contributed by atoms with Gasteiger partial charge in [0.1, 0.15) is 0 Å². The van der Waals surface area contributed by atoms with E-state index in [1.165, 1.54) is 18.4 Å². The minimum absolute atomic E-state index is 0.488. The van der Waals surface area contributed by atoms with Crippen molar-refractivity contribution in [3.05, 3.63) is 17.5 Å². The number of aromatic nitrogens is 2. The van der Waals surface area contributed by atoms with Crippen LogP contribution >= 0.6 is 0 Å². The SMILES string of the molecule is CCCN(c1ncc(CNC(C)C)c(C)n1)C1CC1. The molecule has 0 amide bonds. The molecule has 0 atom stereocenters. The maximum absolute atomic E-state index is 4.71. The number of hydrogen-bond acceptors (Lipinski definition) is 4. The van der Waals surface area contributed by atoms with Crippen molar-refractivity contribution < 1.29 is 0 Å². The third kappa shape index (κ3) is 3.90. The Morgan fingerprint density at radius 3 is 2.68 bits per heavy atom. The fourth-order valence-electron chi connectivity index (χ4n) is 2.18. The van der Waals surface area contributed by atoms with E-state index in [1.807, 2.05) is 6.20 Å². The van der Waals surface area contributed by atoms with Crippen LogP contribution < -0.4 is 10.2 Å². The highest BCUT2D eigenvalue weighted by Gasteiger charge is 2.30. The summed E-state index contributed by atoms with van der Waals surface area (Å²) in [6, 6.07) is 1.17. The molecule has 106 valence electrons. The van der Waals surface area contributed by atoms with Crippen LogP contribution in [0.5, 0.6) is 0 Å². The van der Waals surface area contributed by atoms with E-state index in [4.69, 9.17) is 4.98 Å². The van der Waals surface area contributed by atoms with Crippen LogP contribution in [-0.2, 0) is 6.54 Å². The van der Waals surface area contributed by atoms with Crippen LogP contribution in [0.4, 0.5) is 5.95 Å². The molecule has 19 heavy (non-hydrogen) atoms. The Bertz CT molecular complexity index is 413. The third-order valence-corrected chi connectivity index (χ3v) is 3.48.